The lowest BCUT2D eigenvalue weighted by Gasteiger charge is -2.12. The Balaban J connectivity index is 1.90. The number of rotatable bonds is 6. The van der Waals surface area contributed by atoms with Crippen LogP contribution in [0, 0.1) is 0 Å². The van der Waals surface area contributed by atoms with Crippen LogP contribution in [-0.2, 0) is 9.53 Å². The molecule has 0 saturated carbocycles. The largest absolute Gasteiger partial charge is 0.452 e. The number of nitrogens with one attached hydrogen (secondary N) is 1. The third-order valence-electron chi connectivity index (χ3n) is 3.51. The molecule has 6 nitrogen and oxygen atoms in total. The molecule has 0 heterocycles. The van der Waals surface area contributed by atoms with Crippen LogP contribution in [0.5, 0.6) is 0 Å². The molecular formula is C19H20N2O4. The maximum Gasteiger partial charge on any atom is 0.338 e. The quantitative estimate of drug-likeness (QED) is 0.646. The van der Waals surface area contributed by atoms with E-state index in [-0.39, 0.29) is 5.78 Å². The van der Waals surface area contributed by atoms with Crippen LogP contribution in [0.1, 0.15) is 27.6 Å². The van der Waals surface area contributed by atoms with Gasteiger partial charge in [-0.1, -0.05) is 12.1 Å². The van der Waals surface area contributed by atoms with Gasteiger partial charge in [-0.3, -0.25) is 9.59 Å². The molecule has 2 aromatic rings. The molecule has 0 spiro atoms. The number of ether oxygens (including phenoxy) is 1. The van der Waals surface area contributed by atoms with Crippen LogP contribution in [0.2, 0.25) is 0 Å². The van der Waals surface area contributed by atoms with Crippen LogP contribution < -0.4 is 10.2 Å². The molecule has 2 aromatic carbocycles. The number of nitrogens with zero attached hydrogens (tertiary/aromatic N) is 1. The van der Waals surface area contributed by atoms with Crippen molar-refractivity contribution in [1.82, 2.24) is 0 Å². The SMILES string of the molecule is CC(=O)c1cccc(NC(=O)COC(=O)c2ccc(N(C)C)cc2)c1. The smallest absolute Gasteiger partial charge is 0.338 e. The van der Waals surface area contributed by atoms with Gasteiger partial charge in [-0.05, 0) is 43.3 Å². The lowest BCUT2D eigenvalue weighted by Crippen LogP contribution is -2.21. The van der Waals surface area contributed by atoms with Crippen LogP contribution >= 0.6 is 0 Å². The van der Waals surface area contributed by atoms with Gasteiger partial charge in [-0.15, -0.1) is 0 Å². The van der Waals surface area contributed by atoms with Gasteiger partial charge in [0, 0.05) is 31.0 Å². The predicted octanol–water partition coefficient (Wildman–Crippen LogP) is 2.75. The molecule has 0 saturated heterocycles. The molecule has 6 heteroatoms. The first-order chi connectivity index (χ1) is 11.9. The monoisotopic (exact) mass is 340 g/mol. The zero-order valence-corrected chi connectivity index (χ0v) is 14.4. The number of anilines is 2. The van der Waals surface area contributed by atoms with Crippen LogP contribution in [-0.4, -0.2) is 38.4 Å². The van der Waals surface area contributed by atoms with E-state index in [2.05, 4.69) is 5.32 Å². The van der Waals surface area contributed by atoms with E-state index in [1.54, 1.807) is 48.5 Å². The van der Waals surface area contributed by atoms with Gasteiger partial charge in [0.25, 0.3) is 5.91 Å². The fraction of sp³-hybridized carbons (Fsp3) is 0.211. The fourth-order valence-electron chi connectivity index (χ4n) is 2.12. The third-order valence-corrected chi connectivity index (χ3v) is 3.51. The maximum absolute atomic E-state index is 12.0. The molecule has 0 bridgehead atoms. The summed E-state index contributed by atoms with van der Waals surface area (Å²) in [5.41, 5.74) is 2.30. The molecule has 0 radical (unpaired) electrons. The first kappa shape index (κ1) is 18.2. The van der Waals surface area contributed by atoms with Gasteiger partial charge in [-0.25, -0.2) is 4.79 Å². The molecule has 1 amide bonds. The van der Waals surface area contributed by atoms with Crippen LogP contribution in [0.25, 0.3) is 0 Å². The highest BCUT2D eigenvalue weighted by Gasteiger charge is 2.11. The topological polar surface area (TPSA) is 75.7 Å². The van der Waals surface area contributed by atoms with Gasteiger partial charge >= 0.3 is 5.97 Å². The molecule has 0 aliphatic carbocycles. The molecular weight excluding hydrogens is 320 g/mol. The normalized spacial score (nSPS) is 10.0. The van der Waals surface area contributed by atoms with Gasteiger partial charge < -0.3 is 15.0 Å². The Morgan fingerprint density at radius 1 is 1.00 bits per heavy atom. The van der Waals surface area contributed by atoms with Gasteiger partial charge in [0.1, 0.15) is 0 Å². The molecule has 2 rings (SSSR count). The Kier molecular flexibility index (Phi) is 5.89. The summed E-state index contributed by atoms with van der Waals surface area (Å²) in [4.78, 5) is 37.1. The standard InChI is InChI=1S/C19H20N2O4/c1-13(22)15-5-4-6-16(11-15)20-18(23)12-25-19(24)14-7-9-17(10-8-14)21(2)3/h4-11H,12H2,1-3H3,(H,20,23). The second-order valence-electron chi connectivity index (χ2n) is 5.70. The van der Waals surface area contributed by atoms with Crippen molar-refractivity contribution in [2.45, 2.75) is 6.92 Å². The Hall–Kier alpha value is -3.15. The summed E-state index contributed by atoms with van der Waals surface area (Å²) < 4.78 is 5.01. The molecule has 130 valence electrons. The molecule has 0 fully saturated rings. The first-order valence-electron chi connectivity index (χ1n) is 7.72. The lowest BCUT2D eigenvalue weighted by molar-refractivity contribution is -0.119. The van der Waals surface area contributed by atoms with E-state index in [1.165, 1.54) is 6.92 Å². The minimum absolute atomic E-state index is 0.0938. The zero-order valence-electron chi connectivity index (χ0n) is 14.4. The average molecular weight is 340 g/mol. The highest BCUT2D eigenvalue weighted by atomic mass is 16.5. The van der Waals surface area contributed by atoms with E-state index in [4.69, 9.17) is 4.74 Å². The fourth-order valence-corrected chi connectivity index (χ4v) is 2.12. The maximum atomic E-state index is 12.0. The van der Waals surface area contributed by atoms with Gasteiger partial charge in [0.15, 0.2) is 12.4 Å². The number of benzene rings is 2. The summed E-state index contributed by atoms with van der Waals surface area (Å²) in [7, 11) is 3.80. The number of carbonyl (C=O) groups excluding carboxylic acids is 3. The van der Waals surface area contributed by atoms with Crippen molar-refractivity contribution in [3.05, 3.63) is 59.7 Å². The number of carbonyl (C=O) groups is 3. The molecule has 0 aliphatic rings. The van der Waals surface area contributed by atoms with E-state index >= 15 is 0 Å². The van der Waals surface area contributed by atoms with Crippen molar-refractivity contribution in [1.29, 1.82) is 0 Å². The van der Waals surface area contributed by atoms with Crippen LogP contribution in [0.3, 0.4) is 0 Å². The highest BCUT2D eigenvalue weighted by Crippen LogP contribution is 2.13. The molecule has 0 aromatic heterocycles. The number of esters is 1. The van der Waals surface area contributed by atoms with Crippen molar-refractivity contribution in [2.24, 2.45) is 0 Å². The summed E-state index contributed by atoms with van der Waals surface area (Å²) in [5, 5.41) is 2.59. The number of hydrogen-bond acceptors (Lipinski definition) is 5. The van der Waals surface area contributed by atoms with E-state index in [0.717, 1.165) is 5.69 Å². The predicted molar refractivity (Wildman–Crippen MR) is 96.1 cm³/mol. The molecule has 0 unspecified atom stereocenters. The van der Waals surface area contributed by atoms with Crippen LogP contribution in [0.15, 0.2) is 48.5 Å². The van der Waals surface area contributed by atoms with Crippen molar-refractivity contribution < 1.29 is 19.1 Å². The first-order valence-corrected chi connectivity index (χ1v) is 7.72. The van der Waals surface area contributed by atoms with Gasteiger partial charge in [0.05, 0.1) is 5.56 Å². The zero-order chi connectivity index (χ0) is 18.4. The van der Waals surface area contributed by atoms with Crippen molar-refractivity contribution in [2.75, 3.05) is 30.9 Å². The highest BCUT2D eigenvalue weighted by molar-refractivity contribution is 5.98. The molecule has 0 aliphatic heterocycles. The summed E-state index contributed by atoms with van der Waals surface area (Å²) in [6, 6.07) is 13.4. The third kappa shape index (κ3) is 5.17. The number of Topliss-reactive ketones (excluding diaryl/α,β-unsaturated/α-hetero) is 1. The minimum atomic E-state index is -0.571. The van der Waals surface area contributed by atoms with E-state index in [1.807, 2.05) is 19.0 Å². The number of ketones is 1. The average Bonchev–Trinajstić information content (AvgIpc) is 2.60. The second kappa shape index (κ2) is 8.10. The molecule has 1 N–H and O–H groups in total. The molecule has 0 atom stereocenters. The lowest BCUT2D eigenvalue weighted by atomic mass is 10.1. The Morgan fingerprint density at radius 2 is 1.68 bits per heavy atom. The Labute approximate surface area is 146 Å². The van der Waals surface area contributed by atoms with Gasteiger partial charge in [-0.2, -0.15) is 0 Å². The van der Waals surface area contributed by atoms with E-state index < -0.39 is 18.5 Å². The summed E-state index contributed by atoms with van der Waals surface area (Å²) in [5.74, 6) is -1.14. The van der Waals surface area contributed by atoms with E-state index in [0.29, 0.717) is 16.8 Å². The van der Waals surface area contributed by atoms with Crippen molar-refractivity contribution in [3.8, 4) is 0 Å². The summed E-state index contributed by atoms with van der Waals surface area (Å²) in [6.45, 7) is 1.04. The Bertz CT molecular complexity index is 782. The number of hydrogen-bond donors (Lipinski definition) is 1. The van der Waals surface area contributed by atoms with Gasteiger partial charge in [0.2, 0.25) is 0 Å². The van der Waals surface area contributed by atoms with Crippen molar-refractivity contribution in [3.63, 3.8) is 0 Å². The summed E-state index contributed by atoms with van der Waals surface area (Å²) >= 11 is 0. The Morgan fingerprint density at radius 3 is 2.28 bits per heavy atom. The van der Waals surface area contributed by atoms with E-state index in [9.17, 15) is 14.4 Å². The van der Waals surface area contributed by atoms with Crippen LogP contribution in [0.4, 0.5) is 11.4 Å². The minimum Gasteiger partial charge on any atom is -0.452 e. The number of amides is 1. The van der Waals surface area contributed by atoms with Crippen molar-refractivity contribution >= 4 is 29.0 Å². The second-order valence-corrected chi connectivity index (χ2v) is 5.70. The summed E-state index contributed by atoms with van der Waals surface area (Å²) in [6.07, 6.45) is 0. The molecule has 25 heavy (non-hydrogen) atoms.